The lowest BCUT2D eigenvalue weighted by atomic mass is 10.1. The van der Waals surface area contributed by atoms with Crippen LogP contribution in [-0.4, -0.2) is 26.2 Å². The molecular formula is C19H17Cl2NO4. The van der Waals surface area contributed by atoms with Crippen LogP contribution in [0.25, 0.3) is 0 Å². The summed E-state index contributed by atoms with van der Waals surface area (Å²) in [6, 6.07) is 10.8. The monoisotopic (exact) mass is 393 g/mol. The molecule has 0 radical (unpaired) electrons. The molecule has 0 atom stereocenters. The Morgan fingerprint density at radius 1 is 1.12 bits per heavy atom. The first kappa shape index (κ1) is 17.6. The van der Waals surface area contributed by atoms with Gasteiger partial charge in [-0.15, -0.1) is 0 Å². The maximum atomic E-state index is 13.4. The molecule has 1 spiro atoms. The van der Waals surface area contributed by atoms with Gasteiger partial charge in [0, 0.05) is 5.56 Å². The normalized spacial score (nSPS) is 18.3. The molecule has 0 aliphatic carbocycles. The molecule has 4 rings (SSSR count). The minimum atomic E-state index is -1.53. The fourth-order valence-electron chi connectivity index (χ4n) is 3.46. The van der Waals surface area contributed by atoms with Crippen molar-refractivity contribution in [1.82, 2.24) is 0 Å². The molecule has 5 nitrogen and oxygen atoms in total. The van der Waals surface area contributed by atoms with Gasteiger partial charge in [0.1, 0.15) is 5.75 Å². The summed E-state index contributed by atoms with van der Waals surface area (Å²) in [6.07, 6.45) is 0.717. The molecule has 2 aliphatic rings. The predicted octanol–water partition coefficient (Wildman–Crippen LogP) is 4.14. The maximum Gasteiger partial charge on any atom is 0.292 e. The Balaban J connectivity index is 1.84. The molecule has 2 aromatic carbocycles. The smallest absolute Gasteiger partial charge is 0.292 e. The molecule has 1 amide bonds. The quantitative estimate of drug-likeness (QED) is 0.785. The Bertz CT molecular complexity index is 865. The minimum Gasteiger partial charge on any atom is -0.496 e. The third-order valence-electron chi connectivity index (χ3n) is 4.62. The van der Waals surface area contributed by atoms with Crippen LogP contribution in [0.1, 0.15) is 17.5 Å². The van der Waals surface area contributed by atoms with E-state index in [4.69, 9.17) is 37.4 Å². The van der Waals surface area contributed by atoms with Crippen LogP contribution in [0.5, 0.6) is 5.75 Å². The fraction of sp³-hybridized carbons (Fsp3) is 0.316. The van der Waals surface area contributed by atoms with Crippen molar-refractivity contribution in [2.24, 2.45) is 0 Å². The average molecular weight is 394 g/mol. The average Bonchev–Trinajstić information content (AvgIpc) is 2.90. The van der Waals surface area contributed by atoms with Crippen molar-refractivity contribution in [2.45, 2.75) is 18.8 Å². The second-order valence-electron chi connectivity index (χ2n) is 6.12. The van der Waals surface area contributed by atoms with E-state index in [1.165, 1.54) is 0 Å². The molecule has 1 fully saturated rings. The Morgan fingerprint density at radius 2 is 1.81 bits per heavy atom. The number of rotatable bonds is 3. The molecule has 0 saturated carbocycles. The van der Waals surface area contributed by atoms with E-state index in [1.807, 2.05) is 24.3 Å². The van der Waals surface area contributed by atoms with Crippen LogP contribution in [-0.2, 0) is 26.6 Å². The van der Waals surface area contributed by atoms with Crippen molar-refractivity contribution >= 4 is 34.8 Å². The first-order valence-electron chi connectivity index (χ1n) is 8.29. The van der Waals surface area contributed by atoms with E-state index in [0.717, 1.165) is 12.0 Å². The van der Waals surface area contributed by atoms with Gasteiger partial charge in [-0.3, -0.25) is 4.79 Å². The zero-order chi connectivity index (χ0) is 18.3. The predicted molar refractivity (Wildman–Crippen MR) is 98.8 cm³/mol. The summed E-state index contributed by atoms with van der Waals surface area (Å²) < 4.78 is 17.1. The van der Waals surface area contributed by atoms with Gasteiger partial charge in [-0.05, 0) is 24.6 Å². The molecule has 0 bridgehead atoms. The summed E-state index contributed by atoms with van der Waals surface area (Å²) in [4.78, 5) is 14.9. The zero-order valence-corrected chi connectivity index (χ0v) is 15.6. The summed E-state index contributed by atoms with van der Waals surface area (Å²) in [5.41, 5.74) is 1.85. The van der Waals surface area contributed by atoms with Crippen molar-refractivity contribution in [3.05, 3.63) is 57.6 Å². The van der Waals surface area contributed by atoms with Gasteiger partial charge in [0.05, 0.1) is 48.2 Å². The van der Waals surface area contributed by atoms with Crippen LogP contribution in [0.15, 0.2) is 36.4 Å². The molecule has 1 saturated heterocycles. The first-order valence-corrected chi connectivity index (χ1v) is 9.04. The molecule has 7 heteroatoms. The number of para-hydroxylation sites is 1. The lowest BCUT2D eigenvalue weighted by molar-refractivity contribution is -0.256. The Labute approximate surface area is 161 Å². The van der Waals surface area contributed by atoms with Crippen molar-refractivity contribution < 1.29 is 19.0 Å². The van der Waals surface area contributed by atoms with E-state index >= 15 is 0 Å². The number of carbonyl (C=O) groups excluding carboxylic acids is 1. The van der Waals surface area contributed by atoms with Crippen LogP contribution < -0.4 is 9.64 Å². The summed E-state index contributed by atoms with van der Waals surface area (Å²) in [5.74, 6) is -1.17. The van der Waals surface area contributed by atoms with Crippen molar-refractivity contribution in [2.75, 3.05) is 25.2 Å². The standard InChI is InChI=1S/C19H17Cl2NO4/c1-24-15-6-3-2-5-12(15)11-22-17-14(21)8-7-13(20)16(17)19(18(22)23)25-9-4-10-26-19/h2-3,5-8H,4,9-11H2,1H3. The number of halogens is 2. The second kappa shape index (κ2) is 6.74. The number of fused-ring (bicyclic) bond motifs is 2. The highest BCUT2D eigenvalue weighted by molar-refractivity contribution is 6.38. The summed E-state index contributed by atoms with van der Waals surface area (Å²) >= 11 is 12.9. The molecule has 136 valence electrons. The number of benzene rings is 2. The second-order valence-corrected chi connectivity index (χ2v) is 6.94. The van der Waals surface area contributed by atoms with E-state index in [9.17, 15) is 4.79 Å². The summed E-state index contributed by atoms with van der Waals surface area (Å²) in [7, 11) is 1.59. The largest absolute Gasteiger partial charge is 0.496 e. The SMILES string of the molecule is COc1ccccc1CN1C(=O)C2(OCCCO2)c2c(Cl)ccc(Cl)c21. The molecule has 0 N–H and O–H groups in total. The number of nitrogens with zero attached hydrogens (tertiary/aromatic N) is 1. The van der Waals surface area contributed by atoms with Gasteiger partial charge >= 0.3 is 0 Å². The highest BCUT2D eigenvalue weighted by Gasteiger charge is 2.57. The number of hydrogen-bond donors (Lipinski definition) is 0. The molecule has 0 aromatic heterocycles. The van der Waals surface area contributed by atoms with Crippen molar-refractivity contribution in [1.29, 1.82) is 0 Å². The van der Waals surface area contributed by atoms with Gasteiger partial charge in [-0.1, -0.05) is 41.4 Å². The number of carbonyl (C=O) groups is 1. The van der Waals surface area contributed by atoms with E-state index in [-0.39, 0.29) is 12.5 Å². The van der Waals surface area contributed by atoms with E-state index in [2.05, 4.69) is 0 Å². The molecule has 26 heavy (non-hydrogen) atoms. The van der Waals surface area contributed by atoms with E-state index in [0.29, 0.717) is 40.3 Å². The number of methoxy groups -OCH3 is 1. The lowest BCUT2D eigenvalue weighted by Crippen LogP contribution is -2.47. The lowest BCUT2D eigenvalue weighted by Gasteiger charge is -2.32. The number of anilines is 1. The molecular weight excluding hydrogens is 377 g/mol. The maximum absolute atomic E-state index is 13.4. The molecule has 0 unspecified atom stereocenters. The highest BCUT2D eigenvalue weighted by atomic mass is 35.5. The van der Waals surface area contributed by atoms with Crippen molar-refractivity contribution in [3.63, 3.8) is 0 Å². The van der Waals surface area contributed by atoms with Gasteiger partial charge in [0.15, 0.2) is 0 Å². The first-order chi connectivity index (χ1) is 12.6. The highest BCUT2D eigenvalue weighted by Crippen LogP contribution is 2.51. The topological polar surface area (TPSA) is 48.0 Å². The Hall–Kier alpha value is -1.79. The van der Waals surface area contributed by atoms with E-state index < -0.39 is 5.79 Å². The van der Waals surface area contributed by atoms with Crippen LogP contribution in [0.2, 0.25) is 10.0 Å². The number of hydrogen-bond acceptors (Lipinski definition) is 4. The fourth-order valence-corrected chi connectivity index (χ4v) is 4.00. The van der Waals surface area contributed by atoms with Gasteiger partial charge in [0.2, 0.25) is 0 Å². The summed E-state index contributed by atoms with van der Waals surface area (Å²) in [5, 5.41) is 0.810. The van der Waals surface area contributed by atoms with E-state index in [1.54, 1.807) is 24.1 Å². The van der Waals surface area contributed by atoms with Gasteiger partial charge in [-0.25, -0.2) is 0 Å². The molecule has 2 aliphatic heterocycles. The van der Waals surface area contributed by atoms with Crippen LogP contribution >= 0.6 is 23.2 Å². The zero-order valence-electron chi connectivity index (χ0n) is 14.1. The van der Waals surface area contributed by atoms with Gasteiger partial charge in [0.25, 0.3) is 11.7 Å². The number of amides is 1. The Kier molecular flexibility index (Phi) is 4.57. The van der Waals surface area contributed by atoms with Crippen LogP contribution in [0.3, 0.4) is 0 Å². The summed E-state index contributed by atoms with van der Waals surface area (Å²) in [6.45, 7) is 1.09. The Morgan fingerprint density at radius 3 is 2.54 bits per heavy atom. The van der Waals surface area contributed by atoms with Crippen LogP contribution in [0, 0.1) is 0 Å². The van der Waals surface area contributed by atoms with Gasteiger partial charge in [-0.2, -0.15) is 0 Å². The number of ether oxygens (including phenoxy) is 3. The third kappa shape index (κ3) is 2.58. The molecule has 2 heterocycles. The van der Waals surface area contributed by atoms with Crippen molar-refractivity contribution in [3.8, 4) is 5.75 Å². The van der Waals surface area contributed by atoms with Gasteiger partial charge < -0.3 is 19.1 Å². The van der Waals surface area contributed by atoms with Crippen LogP contribution in [0.4, 0.5) is 5.69 Å². The third-order valence-corrected chi connectivity index (χ3v) is 5.24. The molecule has 2 aromatic rings. The minimum absolute atomic E-state index is 0.268.